The standard InChI is InChI=1S/C17H21N3O2S2/c1-11(23-17-19-14-5-3-4-6-15(14)24-17)16(22)20-9-7-13(8-10-20)18-12(2)21/h3-6,11,13H,7-10H2,1-2H3,(H,18,21). The Bertz CT molecular complexity index is 705. The fraction of sp³-hybridized carbons (Fsp3) is 0.471. The molecule has 0 bridgehead atoms. The molecule has 0 aliphatic carbocycles. The SMILES string of the molecule is CC(=O)NC1CCN(C(=O)C(C)Sc2nc3ccccc3s2)CC1. The number of para-hydroxylation sites is 1. The highest BCUT2D eigenvalue weighted by Gasteiger charge is 2.27. The molecule has 1 aromatic heterocycles. The Balaban J connectivity index is 1.56. The van der Waals surface area contributed by atoms with Crippen molar-refractivity contribution in [1.82, 2.24) is 15.2 Å². The predicted octanol–water partition coefficient (Wildman–Crippen LogP) is 2.90. The van der Waals surface area contributed by atoms with E-state index >= 15 is 0 Å². The van der Waals surface area contributed by atoms with Gasteiger partial charge < -0.3 is 10.2 Å². The molecular weight excluding hydrogens is 342 g/mol. The summed E-state index contributed by atoms with van der Waals surface area (Å²) in [5.74, 6) is 0.153. The van der Waals surface area contributed by atoms with E-state index in [1.54, 1.807) is 11.3 Å². The van der Waals surface area contributed by atoms with Crippen molar-refractivity contribution in [3.05, 3.63) is 24.3 Å². The molecule has 7 heteroatoms. The number of piperidine rings is 1. The quantitative estimate of drug-likeness (QED) is 0.849. The lowest BCUT2D eigenvalue weighted by Crippen LogP contribution is -2.47. The van der Waals surface area contributed by atoms with Gasteiger partial charge in [-0.25, -0.2) is 4.98 Å². The van der Waals surface area contributed by atoms with Gasteiger partial charge in [-0.2, -0.15) is 0 Å². The molecule has 1 unspecified atom stereocenters. The van der Waals surface area contributed by atoms with Crippen LogP contribution in [0.4, 0.5) is 0 Å². The number of fused-ring (bicyclic) bond motifs is 1. The maximum absolute atomic E-state index is 12.6. The highest BCUT2D eigenvalue weighted by molar-refractivity contribution is 8.02. The summed E-state index contributed by atoms with van der Waals surface area (Å²) >= 11 is 3.16. The van der Waals surface area contributed by atoms with Crippen LogP contribution in [0.25, 0.3) is 10.2 Å². The topological polar surface area (TPSA) is 62.3 Å². The number of rotatable bonds is 4. The van der Waals surface area contributed by atoms with Crippen molar-refractivity contribution in [3.8, 4) is 0 Å². The molecule has 2 heterocycles. The molecule has 1 fully saturated rings. The Kier molecular flexibility index (Phi) is 5.40. The Hall–Kier alpha value is -1.60. The number of nitrogens with zero attached hydrogens (tertiary/aromatic N) is 2. The molecule has 0 radical (unpaired) electrons. The molecule has 0 saturated carbocycles. The molecule has 1 N–H and O–H groups in total. The Morgan fingerprint density at radius 3 is 2.71 bits per heavy atom. The number of amides is 2. The number of thioether (sulfide) groups is 1. The molecule has 2 amide bonds. The van der Waals surface area contributed by atoms with E-state index in [1.807, 2.05) is 30.0 Å². The molecule has 3 rings (SSSR count). The maximum atomic E-state index is 12.6. The van der Waals surface area contributed by atoms with Crippen LogP contribution < -0.4 is 5.32 Å². The minimum absolute atomic E-state index is 0.000430. The van der Waals surface area contributed by atoms with Crippen molar-refractivity contribution in [2.24, 2.45) is 0 Å². The molecule has 5 nitrogen and oxygen atoms in total. The molecule has 1 aliphatic heterocycles. The molecule has 1 atom stereocenters. The highest BCUT2D eigenvalue weighted by atomic mass is 32.2. The number of likely N-dealkylation sites (tertiary alicyclic amines) is 1. The molecule has 2 aromatic rings. The second-order valence-corrected chi connectivity index (χ2v) is 8.63. The summed E-state index contributed by atoms with van der Waals surface area (Å²) in [6, 6.07) is 8.22. The average Bonchev–Trinajstić information content (AvgIpc) is 2.96. The van der Waals surface area contributed by atoms with Gasteiger partial charge in [0.1, 0.15) is 0 Å². The van der Waals surface area contributed by atoms with E-state index < -0.39 is 0 Å². The number of thiazole rings is 1. The first-order valence-electron chi connectivity index (χ1n) is 8.11. The zero-order valence-corrected chi connectivity index (χ0v) is 15.5. The van der Waals surface area contributed by atoms with Gasteiger partial charge in [0.15, 0.2) is 4.34 Å². The van der Waals surface area contributed by atoms with Crippen LogP contribution in [-0.2, 0) is 9.59 Å². The van der Waals surface area contributed by atoms with Crippen molar-refractivity contribution in [2.45, 2.75) is 42.3 Å². The molecule has 1 saturated heterocycles. The number of carbonyl (C=O) groups is 2. The van der Waals surface area contributed by atoms with Crippen molar-refractivity contribution in [2.75, 3.05) is 13.1 Å². The van der Waals surface area contributed by atoms with Gasteiger partial charge in [0.2, 0.25) is 11.8 Å². The number of benzene rings is 1. The van der Waals surface area contributed by atoms with E-state index in [4.69, 9.17) is 0 Å². The van der Waals surface area contributed by atoms with Crippen molar-refractivity contribution < 1.29 is 9.59 Å². The van der Waals surface area contributed by atoms with Crippen LogP contribution in [-0.4, -0.2) is 46.1 Å². The fourth-order valence-corrected chi connectivity index (χ4v) is 5.19. The fourth-order valence-electron chi connectivity index (χ4n) is 2.89. The van der Waals surface area contributed by atoms with E-state index in [2.05, 4.69) is 16.4 Å². The van der Waals surface area contributed by atoms with Crippen LogP contribution in [0, 0.1) is 0 Å². The second kappa shape index (κ2) is 7.53. The largest absolute Gasteiger partial charge is 0.353 e. The molecule has 0 spiro atoms. The average molecular weight is 364 g/mol. The molecule has 1 aliphatic rings. The van der Waals surface area contributed by atoms with Gasteiger partial charge in [-0.15, -0.1) is 11.3 Å². The minimum Gasteiger partial charge on any atom is -0.353 e. The summed E-state index contributed by atoms with van der Waals surface area (Å²) in [5, 5.41) is 2.78. The number of hydrogen-bond acceptors (Lipinski definition) is 5. The smallest absolute Gasteiger partial charge is 0.235 e. The van der Waals surface area contributed by atoms with Crippen molar-refractivity contribution in [1.29, 1.82) is 0 Å². The van der Waals surface area contributed by atoms with E-state index in [0.29, 0.717) is 13.1 Å². The molecule has 1 aromatic carbocycles. The Labute approximate surface area is 149 Å². The zero-order chi connectivity index (χ0) is 17.1. The predicted molar refractivity (Wildman–Crippen MR) is 98.4 cm³/mol. The Morgan fingerprint density at radius 2 is 2.04 bits per heavy atom. The number of hydrogen-bond donors (Lipinski definition) is 1. The number of carbonyl (C=O) groups excluding carboxylic acids is 2. The van der Waals surface area contributed by atoms with Gasteiger partial charge in [-0.1, -0.05) is 23.9 Å². The first kappa shape index (κ1) is 17.2. The normalized spacial score (nSPS) is 17.0. The van der Waals surface area contributed by atoms with Crippen LogP contribution in [0.2, 0.25) is 0 Å². The summed E-state index contributed by atoms with van der Waals surface area (Å²) in [4.78, 5) is 30.2. The third-order valence-corrected chi connectivity index (χ3v) is 6.33. The van der Waals surface area contributed by atoms with Crippen LogP contribution in [0.15, 0.2) is 28.6 Å². The van der Waals surface area contributed by atoms with E-state index in [1.165, 1.54) is 18.7 Å². The highest BCUT2D eigenvalue weighted by Crippen LogP contribution is 2.32. The third kappa shape index (κ3) is 4.08. The van der Waals surface area contributed by atoms with E-state index in [9.17, 15) is 9.59 Å². The molecule has 128 valence electrons. The summed E-state index contributed by atoms with van der Waals surface area (Å²) in [5.41, 5.74) is 0.987. The van der Waals surface area contributed by atoms with Gasteiger partial charge in [0.05, 0.1) is 15.5 Å². The number of nitrogens with one attached hydrogen (secondary N) is 1. The lowest BCUT2D eigenvalue weighted by atomic mass is 10.0. The van der Waals surface area contributed by atoms with E-state index in [0.717, 1.165) is 27.4 Å². The second-order valence-electron chi connectivity index (χ2n) is 6.01. The van der Waals surface area contributed by atoms with Crippen LogP contribution >= 0.6 is 23.1 Å². The first-order valence-corrected chi connectivity index (χ1v) is 9.80. The lowest BCUT2D eigenvalue weighted by molar-refractivity contribution is -0.131. The Morgan fingerprint density at radius 1 is 1.33 bits per heavy atom. The van der Waals surface area contributed by atoms with Crippen molar-refractivity contribution in [3.63, 3.8) is 0 Å². The van der Waals surface area contributed by atoms with Gasteiger partial charge >= 0.3 is 0 Å². The van der Waals surface area contributed by atoms with Crippen LogP contribution in [0.3, 0.4) is 0 Å². The third-order valence-electron chi connectivity index (χ3n) is 4.11. The van der Waals surface area contributed by atoms with Crippen LogP contribution in [0.1, 0.15) is 26.7 Å². The summed E-state index contributed by atoms with van der Waals surface area (Å²) in [6.07, 6.45) is 1.65. The zero-order valence-electron chi connectivity index (χ0n) is 13.8. The van der Waals surface area contributed by atoms with Gasteiger partial charge in [-0.3, -0.25) is 9.59 Å². The first-order chi connectivity index (χ1) is 11.5. The number of aromatic nitrogens is 1. The summed E-state index contributed by atoms with van der Waals surface area (Å²) in [7, 11) is 0. The summed E-state index contributed by atoms with van der Waals surface area (Å²) < 4.78 is 2.08. The maximum Gasteiger partial charge on any atom is 0.235 e. The minimum atomic E-state index is -0.150. The molecule has 24 heavy (non-hydrogen) atoms. The van der Waals surface area contributed by atoms with Crippen molar-refractivity contribution >= 4 is 45.1 Å². The van der Waals surface area contributed by atoms with Gasteiger partial charge in [0, 0.05) is 26.1 Å². The lowest BCUT2D eigenvalue weighted by Gasteiger charge is -2.33. The van der Waals surface area contributed by atoms with Gasteiger partial charge in [-0.05, 0) is 31.9 Å². The van der Waals surface area contributed by atoms with Gasteiger partial charge in [0.25, 0.3) is 0 Å². The van der Waals surface area contributed by atoms with Crippen LogP contribution in [0.5, 0.6) is 0 Å². The summed E-state index contributed by atoms with van der Waals surface area (Å²) in [6.45, 7) is 4.89. The monoisotopic (exact) mass is 363 g/mol. The molecular formula is C17H21N3O2S2. The van der Waals surface area contributed by atoms with E-state index in [-0.39, 0.29) is 23.1 Å².